The van der Waals surface area contributed by atoms with E-state index in [1.54, 1.807) is 0 Å². The maximum absolute atomic E-state index is 3.55. The van der Waals surface area contributed by atoms with Crippen LogP contribution in [0.5, 0.6) is 0 Å². The summed E-state index contributed by atoms with van der Waals surface area (Å²) in [6.07, 6.45) is 16.1. The summed E-state index contributed by atoms with van der Waals surface area (Å²) in [5, 5.41) is 2.68. The van der Waals surface area contributed by atoms with Gasteiger partial charge in [0.1, 0.15) is 0 Å². The van der Waals surface area contributed by atoms with Gasteiger partial charge in [0.15, 0.2) is 0 Å². The van der Waals surface area contributed by atoms with Crippen LogP contribution in [0.2, 0.25) is 0 Å². The van der Waals surface area contributed by atoms with Crippen molar-refractivity contribution in [1.82, 2.24) is 9.97 Å². The third-order valence-electron chi connectivity index (χ3n) is 6.31. The molecule has 0 saturated heterocycles. The van der Waals surface area contributed by atoms with Crippen molar-refractivity contribution in [1.29, 1.82) is 0 Å². The van der Waals surface area contributed by atoms with Crippen molar-refractivity contribution in [3.8, 4) is 0 Å². The Hall–Kier alpha value is -2.48. The van der Waals surface area contributed by atoms with Crippen molar-refractivity contribution < 1.29 is 0 Å². The third kappa shape index (κ3) is 6.01. The Morgan fingerprint density at radius 3 is 1.20 bits per heavy atom. The molecule has 2 heterocycles. The van der Waals surface area contributed by atoms with E-state index in [4.69, 9.17) is 0 Å². The van der Waals surface area contributed by atoms with Crippen molar-refractivity contribution in [2.75, 3.05) is 0 Å². The molecule has 0 radical (unpaired) electrons. The lowest BCUT2D eigenvalue weighted by molar-refractivity contribution is 0.550. The molecule has 0 fully saturated rings. The Kier molecular flexibility index (Phi) is 7.66. The first-order chi connectivity index (χ1) is 14.9. The first-order valence-corrected chi connectivity index (χ1v) is 12.0. The minimum Gasteiger partial charge on any atom is -0.358 e. The van der Waals surface area contributed by atoms with Crippen LogP contribution in [0, 0.1) is 0 Å². The normalized spacial score (nSPS) is 11.6. The molecule has 2 heteroatoms. The maximum Gasteiger partial charge on any atom is 0.0456 e. The molecule has 0 amide bonds. The van der Waals surface area contributed by atoms with Crippen molar-refractivity contribution >= 4 is 21.8 Å². The van der Waals surface area contributed by atoms with E-state index >= 15 is 0 Å². The molecule has 158 valence electrons. The lowest BCUT2D eigenvalue weighted by Gasteiger charge is -2.03. The molecule has 0 unspecified atom stereocenters. The fourth-order valence-corrected chi connectivity index (χ4v) is 4.58. The van der Waals surface area contributed by atoms with Gasteiger partial charge in [-0.1, -0.05) is 87.8 Å². The molecule has 0 saturated carbocycles. The van der Waals surface area contributed by atoms with E-state index in [0.717, 1.165) is 0 Å². The van der Waals surface area contributed by atoms with Crippen LogP contribution in [-0.2, 0) is 12.8 Å². The highest BCUT2D eigenvalue weighted by Gasteiger charge is 2.01. The first-order valence-electron chi connectivity index (χ1n) is 12.0. The van der Waals surface area contributed by atoms with Gasteiger partial charge in [-0.3, -0.25) is 0 Å². The highest BCUT2D eigenvalue weighted by molar-refractivity contribution is 5.80. The fourth-order valence-electron chi connectivity index (χ4n) is 4.58. The van der Waals surface area contributed by atoms with Crippen LogP contribution in [0.4, 0.5) is 0 Å². The number of aromatic amines is 2. The van der Waals surface area contributed by atoms with Crippen molar-refractivity contribution in [3.05, 3.63) is 72.1 Å². The number of nitrogens with one attached hydrogen (secondary N) is 2. The quantitative estimate of drug-likeness (QED) is 0.211. The number of hydrogen-bond acceptors (Lipinski definition) is 0. The summed E-state index contributed by atoms with van der Waals surface area (Å²) in [5.41, 5.74) is 5.33. The van der Waals surface area contributed by atoms with E-state index in [1.807, 2.05) is 0 Å². The number of benzene rings is 2. The number of fused-ring (bicyclic) bond motifs is 2. The zero-order valence-corrected chi connectivity index (χ0v) is 18.3. The molecule has 4 aromatic rings. The number of para-hydroxylation sites is 2. The molecule has 2 N–H and O–H groups in total. The van der Waals surface area contributed by atoms with Gasteiger partial charge in [-0.25, -0.2) is 0 Å². The van der Waals surface area contributed by atoms with Crippen LogP contribution >= 0.6 is 0 Å². The third-order valence-corrected chi connectivity index (χ3v) is 6.31. The largest absolute Gasteiger partial charge is 0.358 e. The highest BCUT2D eigenvalue weighted by atomic mass is 14.7. The Morgan fingerprint density at radius 1 is 0.433 bits per heavy atom. The Balaban J connectivity index is 0.974. The van der Waals surface area contributed by atoms with Crippen LogP contribution < -0.4 is 0 Å². The average molecular weight is 401 g/mol. The van der Waals surface area contributed by atoms with E-state index in [1.165, 1.54) is 110 Å². The highest BCUT2D eigenvalue weighted by Crippen LogP contribution is 2.18. The zero-order chi connectivity index (χ0) is 20.4. The van der Waals surface area contributed by atoms with Gasteiger partial charge >= 0.3 is 0 Å². The summed E-state index contributed by atoms with van der Waals surface area (Å²) >= 11 is 0. The molecule has 0 aliphatic carbocycles. The lowest BCUT2D eigenvalue weighted by atomic mass is 10.0. The number of H-pyrrole nitrogens is 2. The minimum absolute atomic E-state index is 1.19. The Morgan fingerprint density at radius 2 is 0.800 bits per heavy atom. The van der Waals surface area contributed by atoms with E-state index in [9.17, 15) is 0 Å². The van der Waals surface area contributed by atoms with E-state index in [2.05, 4.69) is 70.6 Å². The molecule has 0 bridgehead atoms. The van der Waals surface area contributed by atoms with Gasteiger partial charge in [0.2, 0.25) is 0 Å². The number of aryl methyl sites for hydroxylation is 2. The van der Waals surface area contributed by atoms with Crippen LogP contribution in [0.3, 0.4) is 0 Å². The second-order valence-corrected chi connectivity index (χ2v) is 8.80. The summed E-state index contributed by atoms with van der Waals surface area (Å²) in [6.45, 7) is 0. The molecule has 4 rings (SSSR count). The average Bonchev–Trinajstić information content (AvgIpc) is 3.37. The van der Waals surface area contributed by atoms with Crippen LogP contribution in [0.25, 0.3) is 21.8 Å². The van der Waals surface area contributed by atoms with Gasteiger partial charge in [0, 0.05) is 22.4 Å². The molecular formula is C28H36N2. The maximum atomic E-state index is 3.55. The first kappa shape index (κ1) is 20.8. The molecule has 0 aliphatic rings. The Labute approximate surface area is 181 Å². The van der Waals surface area contributed by atoms with Crippen LogP contribution in [0.15, 0.2) is 60.7 Å². The molecular weight excluding hydrogens is 364 g/mol. The van der Waals surface area contributed by atoms with E-state index in [0.29, 0.717) is 0 Å². The molecule has 0 aliphatic heterocycles. The zero-order valence-electron chi connectivity index (χ0n) is 18.3. The smallest absolute Gasteiger partial charge is 0.0456 e. The SMILES string of the molecule is c1ccc2[nH]c(CCCCCCCCCCCCc3cc4ccccc4[nH]3)cc2c1. The topological polar surface area (TPSA) is 31.6 Å². The van der Waals surface area contributed by atoms with Gasteiger partial charge in [-0.2, -0.15) is 0 Å². The second-order valence-electron chi connectivity index (χ2n) is 8.80. The molecule has 2 nitrogen and oxygen atoms in total. The molecule has 0 spiro atoms. The van der Waals surface area contributed by atoms with Crippen LogP contribution in [-0.4, -0.2) is 9.97 Å². The van der Waals surface area contributed by atoms with Gasteiger partial charge in [-0.15, -0.1) is 0 Å². The number of unbranched alkanes of at least 4 members (excludes halogenated alkanes) is 9. The number of aromatic nitrogens is 2. The van der Waals surface area contributed by atoms with E-state index < -0.39 is 0 Å². The monoisotopic (exact) mass is 400 g/mol. The lowest BCUT2D eigenvalue weighted by Crippen LogP contribution is -1.87. The summed E-state index contributed by atoms with van der Waals surface area (Å²) in [7, 11) is 0. The summed E-state index contributed by atoms with van der Waals surface area (Å²) in [4.78, 5) is 7.09. The predicted octanol–water partition coefficient (Wildman–Crippen LogP) is 8.34. The molecule has 0 atom stereocenters. The summed E-state index contributed by atoms with van der Waals surface area (Å²) in [5.74, 6) is 0. The minimum atomic E-state index is 1.19. The van der Waals surface area contributed by atoms with Gasteiger partial charge in [-0.05, 0) is 60.7 Å². The second kappa shape index (κ2) is 11.1. The number of rotatable bonds is 13. The molecule has 30 heavy (non-hydrogen) atoms. The van der Waals surface area contributed by atoms with Gasteiger partial charge < -0.3 is 9.97 Å². The fraction of sp³-hybridized carbons (Fsp3) is 0.429. The van der Waals surface area contributed by atoms with Crippen LogP contribution in [0.1, 0.15) is 75.6 Å². The van der Waals surface area contributed by atoms with E-state index in [-0.39, 0.29) is 0 Å². The Bertz CT molecular complexity index is 873. The summed E-state index contributed by atoms with van der Waals surface area (Å²) in [6, 6.07) is 21.8. The predicted molar refractivity (Wildman–Crippen MR) is 130 cm³/mol. The van der Waals surface area contributed by atoms with Crippen molar-refractivity contribution in [2.24, 2.45) is 0 Å². The van der Waals surface area contributed by atoms with Gasteiger partial charge in [0.25, 0.3) is 0 Å². The number of hydrogen-bond donors (Lipinski definition) is 2. The molecule has 2 aromatic carbocycles. The van der Waals surface area contributed by atoms with Gasteiger partial charge in [0.05, 0.1) is 0 Å². The summed E-state index contributed by atoms with van der Waals surface area (Å²) < 4.78 is 0. The van der Waals surface area contributed by atoms with Crippen molar-refractivity contribution in [3.63, 3.8) is 0 Å². The van der Waals surface area contributed by atoms with Crippen molar-refractivity contribution in [2.45, 2.75) is 77.0 Å². The standard InChI is InChI=1S/C28H36N2/c1(3-5-7-9-17-25-21-23-15-11-13-19-27(23)29-25)2-4-6-8-10-18-26-22-24-16-12-14-20-28(24)30-26/h11-16,19-22,29-30H,1-10,17-18H2. The molecule has 2 aromatic heterocycles.